The third kappa shape index (κ3) is 3.80. The zero-order valence-electron chi connectivity index (χ0n) is 19.4. The van der Waals surface area contributed by atoms with Gasteiger partial charge in [0.2, 0.25) is 0 Å². The number of carbonyl (C=O) groups excluding carboxylic acids is 4. The molecule has 2 aliphatic carbocycles. The van der Waals surface area contributed by atoms with E-state index in [0.29, 0.717) is 0 Å². The van der Waals surface area contributed by atoms with Gasteiger partial charge in [-0.25, -0.2) is 4.79 Å². The predicted molar refractivity (Wildman–Crippen MR) is 110 cm³/mol. The van der Waals surface area contributed by atoms with Crippen LogP contribution in [0.15, 0.2) is 12.2 Å². The summed E-state index contributed by atoms with van der Waals surface area (Å²) in [6.07, 6.45) is -3.30. The predicted octanol–water partition coefficient (Wildman–Crippen LogP) is 1.70. The monoisotopic (exact) mass is 452 g/mol. The molecule has 8 atom stereocenters. The minimum Gasteiger partial charge on any atom is -0.462 e. The van der Waals surface area contributed by atoms with E-state index in [1.807, 2.05) is 0 Å². The fourth-order valence-corrected chi connectivity index (χ4v) is 5.80. The van der Waals surface area contributed by atoms with E-state index in [-0.39, 0.29) is 18.4 Å². The van der Waals surface area contributed by atoms with Gasteiger partial charge in [-0.05, 0) is 19.8 Å². The van der Waals surface area contributed by atoms with E-state index in [4.69, 9.17) is 18.9 Å². The third-order valence-corrected chi connectivity index (χ3v) is 7.13. The summed E-state index contributed by atoms with van der Waals surface area (Å²) in [5.74, 6) is -4.48. The first-order valence-electron chi connectivity index (χ1n) is 10.9. The van der Waals surface area contributed by atoms with Gasteiger partial charge in [0.15, 0.2) is 6.10 Å². The molecule has 0 aromatic rings. The molecule has 3 fully saturated rings. The first kappa shape index (κ1) is 24.2. The van der Waals surface area contributed by atoms with E-state index in [1.54, 1.807) is 27.7 Å². The van der Waals surface area contributed by atoms with Gasteiger partial charge < -0.3 is 24.1 Å². The van der Waals surface area contributed by atoms with Crippen molar-refractivity contribution in [2.75, 3.05) is 0 Å². The Hall–Kier alpha value is -2.42. The molecule has 178 valence electrons. The minimum absolute atomic E-state index is 0.0844. The number of carbonyl (C=O) groups is 4. The molecule has 0 aromatic carbocycles. The quantitative estimate of drug-likeness (QED) is 0.385. The van der Waals surface area contributed by atoms with Crippen molar-refractivity contribution >= 4 is 23.9 Å². The standard InChI is InChI=1S/C23H32O9/c1-10(2)20(26)31-16-15-11(3)21(27)32-17(15)19(30-13(5)25)23(7)14(29-12(4)24)8-9-22(6,28)18(16)23/h10,14-19,28H,3,8-9H2,1-2,4-7H3/t14?,15-,16?,17-,18+,19?,22-,23+/m1/s1. The Morgan fingerprint density at radius 2 is 1.72 bits per heavy atom. The van der Waals surface area contributed by atoms with E-state index >= 15 is 0 Å². The van der Waals surface area contributed by atoms with Crippen molar-refractivity contribution in [1.29, 1.82) is 0 Å². The highest BCUT2D eigenvalue weighted by molar-refractivity contribution is 5.91. The van der Waals surface area contributed by atoms with Crippen molar-refractivity contribution in [1.82, 2.24) is 0 Å². The summed E-state index contributed by atoms with van der Waals surface area (Å²) in [4.78, 5) is 49.2. The molecule has 9 heteroatoms. The maximum atomic E-state index is 12.7. The number of aliphatic hydroxyl groups is 1. The molecule has 1 aliphatic heterocycles. The topological polar surface area (TPSA) is 125 Å². The van der Waals surface area contributed by atoms with Crippen LogP contribution in [0.2, 0.25) is 0 Å². The van der Waals surface area contributed by atoms with Crippen LogP contribution in [0, 0.1) is 23.2 Å². The first-order valence-corrected chi connectivity index (χ1v) is 10.9. The number of hydrogen-bond donors (Lipinski definition) is 1. The smallest absolute Gasteiger partial charge is 0.334 e. The van der Waals surface area contributed by atoms with Crippen LogP contribution < -0.4 is 0 Å². The average molecular weight is 453 g/mol. The molecule has 3 aliphatic rings. The lowest BCUT2D eigenvalue weighted by molar-refractivity contribution is -0.280. The lowest BCUT2D eigenvalue weighted by Crippen LogP contribution is -2.72. The molecule has 32 heavy (non-hydrogen) atoms. The Morgan fingerprint density at radius 3 is 2.25 bits per heavy atom. The van der Waals surface area contributed by atoms with Gasteiger partial charge in [-0.1, -0.05) is 27.4 Å². The molecule has 0 spiro atoms. The molecule has 1 saturated heterocycles. The Bertz CT molecular complexity index is 844. The van der Waals surface area contributed by atoms with Crippen LogP contribution in [-0.4, -0.2) is 59.0 Å². The lowest BCUT2D eigenvalue weighted by Gasteiger charge is -2.61. The summed E-state index contributed by atoms with van der Waals surface area (Å²) in [5.41, 5.74) is -2.52. The maximum Gasteiger partial charge on any atom is 0.334 e. The molecule has 2 saturated carbocycles. The fraction of sp³-hybridized carbons (Fsp3) is 0.739. The second-order valence-corrected chi connectivity index (χ2v) is 9.84. The van der Waals surface area contributed by atoms with Gasteiger partial charge in [0, 0.05) is 25.3 Å². The van der Waals surface area contributed by atoms with Crippen molar-refractivity contribution in [2.24, 2.45) is 23.2 Å². The highest BCUT2D eigenvalue weighted by atomic mass is 16.6. The molecule has 9 nitrogen and oxygen atoms in total. The summed E-state index contributed by atoms with van der Waals surface area (Å²) in [6, 6.07) is 0. The van der Waals surface area contributed by atoms with Gasteiger partial charge >= 0.3 is 23.9 Å². The van der Waals surface area contributed by atoms with Gasteiger partial charge in [-0.3, -0.25) is 14.4 Å². The Morgan fingerprint density at radius 1 is 1.12 bits per heavy atom. The highest BCUT2D eigenvalue weighted by Gasteiger charge is 2.72. The van der Waals surface area contributed by atoms with Crippen molar-refractivity contribution in [3.8, 4) is 0 Å². The number of rotatable bonds is 4. The van der Waals surface area contributed by atoms with Crippen LogP contribution in [0.3, 0.4) is 0 Å². The van der Waals surface area contributed by atoms with E-state index < -0.39 is 77.1 Å². The van der Waals surface area contributed by atoms with Crippen LogP contribution in [0.1, 0.15) is 54.4 Å². The van der Waals surface area contributed by atoms with Crippen LogP contribution >= 0.6 is 0 Å². The minimum atomic E-state index is -1.39. The largest absolute Gasteiger partial charge is 0.462 e. The number of hydrogen-bond acceptors (Lipinski definition) is 9. The summed E-state index contributed by atoms with van der Waals surface area (Å²) in [6.45, 7) is 13.0. The van der Waals surface area contributed by atoms with Gasteiger partial charge in [0.05, 0.1) is 22.9 Å². The highest BCUT2D eigenvalue weighted by Crippen LogP contribution is 2.60. The zero-order valence-corrected chi connectivity index (χ0v) is 19.4. The molecule has 0 amide bonds. The van der Waals surface area contributed by atoms with E-state index in [0.717, 1.165) is 0 Å². The molecule has 1 N–H and O–H groups in total. The molecule has 0 aromatic heterocycles. The number of fused-ring (bicyclic) bond motifs is 2. The van der Waals surface area contributed by atoms with Gasteiger partial charge in [0.25, 0.3) is 0 Å². The fourth-order valence-electron chi connectivity index (χ4n) is 5.80. The van der Waals surface area contributed by atoms with Crippen molar-refractivity contribution in [3.63, 3.8) is 0 Å². The van der Waals surface area contributed by atoms with Crippen LogP contribution in [0.25, 0.3) is 0 Å². The third-order valence-electron chi connectivity index (χ3n) is 7.13. The molecular formula is C23H32O9. The molecule has 0 bridgehead atoms. The second kappa shape index (κ2) is 8.17. The zero-order chi connectivity index (χ0) is 24.2. The maximum absolute atomic E-state index is 12.7. The Balaban J connectivity index is 2.23. The van der Waals surface area contributed by atoms with Crippen LogP contribution in [-0.2, 0) is 38.1 Å². The van der Waals surface area contributed by atoms with Gasteiger partial charge in [0.1, 0.15) is 18.3 Å². The molecule has 3 unspecified atom stereocenters. The Labute approximate surface area is 187 Å². The summed E-state index contributed by atoms with van der Waals surface area (Å²) < 4.78 is 22.8. The Kier molecular flexibility index (Phi) is 6.19. The van der Waals surface area contributed by atoms with Gasteiger partial charge in [-0.15, -0.1) is 0 Å². The molecule has 0 radical (unpaired) electrons. The molecule has 1 heterocycles. The summed E-state index contributed by atoms with van der Waals surface area (Å²) in [5, 5.41) is 11.5. The van der Waals surface area contributed by atoms with Gasteiger partial charge in [-0.2, -0.15) is 0 Å². The number of ether oxygens (including phenoxy) is 4. The van der Waals surface area contributed by atoms with Crippen molar-refractivity contribution < 1.29 is 43.2 Å². The molecular weight excluding hydrogens is 420 g/mol. The second-order valence-electron chi connectivity index (χ2n) is 9.84. The van der Waals surface area contributed by atoms with E-state index in [1.165, 1.54) is 13.8 Å². The van der Waals surface area contributed by atoms with Crippen LogP contribution in [0.5, 0.6) is 0 Å². The SMILES string of the molecule is C=C1C(=O)O[C@H]2C(OC(C)=O)[C@@]3(C)C(OC(C)=O)CC[C@@](C)(O)[C@@H]3C(OC(=O)C(C)C)[C@@H]12. The first-order chi connectivity index (χ1) is 14.7. The van der Waals surface area contributed by atoms with Crippen molar-refractivity contribution in [3.05, 3.63) is 12.2 Å². The average Bonchev–Trinajstić information content (AvgIpc) is 2.94. The van der Waals surface area contributed by atoms with Crippen LogP contribution in [0.4, 0.5) is 0 Å². The summed E-state index contributed by atoms with van der Waals surface area (Å²) >= 11 is 0. The normalized spacial score (nSPS) is 40.8. The molecule has 3 rings (SSSR count). The van der Waals surface area contributed by atoms with E-state index in [9.17, 15) is 24.3 Å². The van der Waals surface area contributed by atoms with Crippen molar-refractivity contribution in [2.45, 2.75) is 84.4 Å². The summed E-state index contributed by atoms with van der Waals surface area (Å²) in [7, 11) is 0. The number of esters is 4. The lowest BCUT2D eigenvalue weighted by atomic mass is 9.49. The van der Waals surface area contributed by atoms with E-state index in [2.05, 4.69) is 6.58 Å².